The second-order valence-electron chi connectivity index (χ2n) is 4.24. The molecule has 0 bridgehead atoms. The highest BCUT2D eigenvalue weighted by Crippen LogP contribution is 2.31. The predicted molar refractivity (Wildman–Crippen MR) is 80.6 cm³/mol. The lowest BCUT2D eigenvalue weighted by molar-refractivity contribution is 0.395. The normalized spacial score (nSPS) is 12.2. The minimum Gasteiger partial charge on any atom is -0.481 e. The molecule has 4 nitrogen and oxygen atoms in total. The van der Waals surface area contributed by atoms with Crippen molar-refractivity contribution in [2.75, 3.05) is 14.2 Å². The summed E-state index contributed by atoms with van der Waals surface area (Å²) in [6.07, 6.45) is 2.15. The Morgan fingerprint density at radius 3 is 2.80 bits per heavy atom. The van der Waals surface area contributed by atoms with E-state index < -0.39 is 0 Å². The van der Waals surface area contributed by atoms with Gasteiger partial charge in [0.05, 0.1) is 17.2 Å². The minimum absolute atomic E-state index is 0.0146. The molecule has 0 aliphatic carbocycles. The lowest BCUT2D eigenvalue weighted by Crippen LogP contribution is -2.20. The van der Waals surface area contributed by atoms with Crippen molar-refractivity contribution < 1.29 is 4.74 Å². The molecule has 20 heavy (non-hydrogen) atoms. The molecular formula is C14H15Cl2N3O. The summed E-state index contributed by atoms with van der Waals surface area (Å²) in [4.78, 5) is 8.24. The highest BCUT2D eigenvalue weighted by Gasteiger charge is 2.16. The quantitative estimate of drug-likeness (QED) is 0.920. The van der Waals surface area contributed by atoms with Crippen LogP contribution in [0.25, 0.3) is 0 Å². The SMILES string of the molecule is CNC(Cc1cc(OC)ncn1)c1cccc(Cl)c1Cl. The summed E-state index contributed by atoms with van der Waals surface area (Å²) in [6, 6.07) is 7.43. The monoisotopic (exact) mass is 311 g/mol. The molecule has 0 spiro atoms. The lowest BCUT2D eigenvalue weighted by Gasteiger charge is -2.18. The van der Waals surface area contributed by atoms with Gasteiger partial charge >= 0.3 is 0 Å². The van der Waals surface area contributed by atoms with E-state index >= 15 is 0 Å². The zero-order chi connectivity index (χ0) is 14.5. The molecule has 1 N–H and O–H groups in total. The van der Waals surface area contributed by atoms with E-state index in [1.54, 1.807) is 13.2 Å². The first-order valence-electron chi connectivity index (χ1n) is 6.11. The van der Waals surface area contributed by atoms with Crippen molar-refractivity contribution in [3.63, 3.8) is 0 Å². The molecule has 106 valence electrons. The van der Waals surface area contributed by atoms with Crippen LogP contribution in [0, 0.1) is 0 Å². The number of hydrogen-bond donors (Lipinski definition) is 1. The molecule has 6 heteroatoms. The molecule has 0 amide bonds. The fraction of sp³-hybridized carbons (Fsp3) is 0.286. The van der Waals surface area contributed by atoms with Crippen molar-refractivity contribution in [2.24, 2.45) is 0 Å². The average Bonchev–Trinajstić information content (AvgIpc) is 2.48. The number of ether oxygens (including phenoxy) is 1. The average molecular weight is 312 g/mol. The molecular weight excluding hydrogens is 297 g/mol. The first-order chi connectivity index (χ1) is 9.65. The van der Waals surface area contributed by atoms with Gasteiger partial charge in [-0.05, 0) is 18.7 Å². The Hall–Kier alpha value is -1.36. The number of hydrogen-bond acceptors (Lipinski definition) is 4. The summed E-state index contributed by atoms with van der Waals surface area (Å²) in [5.74, 6) is 0.544. The van der Waals surface area contributed by atoms with Crippen molar-refractivity contribution in [3.05, 3.63) is 51.9 Å². The summed E-state index contributed by atoms with van der Waals surface area (Å²) < 4.78 is 5.10. The van der Waals surface area contributed by atoms with Gasteiger partial charge in [-0.1, -0.05) is 35.3 Å². The molecule has 1 aromatic heterocycles. The Balaban J connectivity index is 2.26. The van der Waals surface area contributed by atoms with E-state index in [1.807, 2.05) is 25.2 Å². The van der Waals surface area contributed by atoms with Crippen LogP contribution < -0.4 is 10.1 Å². The maximum absolute atomic E-state index is 6.26. The maximum Gasteiger partial charge on any atom is 0.216 e. The summed E-state index contributed by atoms with van der Waals surface area (Å²) in [6.45, 7) is 0. The molecule has 1 unspecified atom stereocenters. The Morgan fingerprint density at radius 2 is 2.10 bits per heavy atom. The number of rotatable bonds is 5. The van der Waals surface area contributed by atoms with Gasteiger partial charge in [0.15, 0.2) is 0 Å². The van der Waals surface area contributed by atoms with E-state index in [4.69, 9.17) is 27.9 Å². The molecule has 0 aliphatic rings. The van der Waals surface area contributed by atoms with Crippen LogP contribution in [0.2, 0.25) is 10.0 Å². The van der Waals surface area contributed by atoms with Gasteiger partial charge in [-0.3, -0.25) is 0 Å². The number of nitrogens with zero attached hydrogens (tertiary/aromatic N) is 2. The van der Waals surface area contributed by atoms with Crippen LogP contribution in [-0.4, -0.2) is 24.1 Å². The highest BCUT2D eigenvalue weighted by molar-refractivity contribution is 6.42. The van der Waals surface area contributed by atoms with Crippen molar-refractivity contribution >= 4 is 23.2 Å². The third kappa shape index (κ3) is 3.39. The number of nitrogens with one attached hydrogen (secondary N) is 1. The molecule has 0 saturated carbocycles. The van der Waals surface area contributed by atoms with E-state index in [1.165, 1.54) is 6.33 Å². The van der Waals surface area contributed by atoms with E-state index in [9.17, 15) is 0 Å². The summed E-state index contributed by atoms with van der Waals surface area (Å²) in [7, 11) is 3.45. The second-order valence-corrected chi connectivity index (χ2v) is 5.03. The number of methoxy groups -OCH3 is 1. The zero-order valence-electron chi connectivity index (χ0n) is 11.2. The van der Waals surface area contributed by atoms with Crippen LogP contribution >= 0.6 is 23.2 Å². The van der Waals surface area contributed by atoms with Gasteiger partial charge < -0.3 is 10.1 Å². The largest absolute Gasteiger partial charge is 0.481 e. The highest BCUT2D eigenvalue weighted by atomic mass is 35.5. The molecule has 0 saturated heterocycles. The van der Waals surface area contributed by atoms with Crippen LogP contribution in [-0.2, 0) is 6.42 Å². The molecule has 0 radical (unpaired) electrons. The number of likely N-dealkylation sites (N-methyl/N-ethyl adjacent to an activating group) is 1. The van der Waals surface area contributed by atoms with Crippen molar-refractivity contribution in [3.8, 4) is 5.88 Å². The van der Waals surface area contributed by atoms with Gasteiger partial charge in [-0.15, -0.1) is 0 Å². The van der Waals surface area contributed by atoms with Crippen LogP contribution in [0.3, 0.4) is 0 Å². The molecule has 2 rings (SSSR count). The number of halogens is 2. The Morgan fingerprint density at radius 1 is 1.30 bits per heavy atom. The van der Waals surface area contributed by atoms with Crippen molar-refractivity contribution in [1.82, 2.24) is 15.3 Å². The standard InChI is InChI=1S/C14H15Cl2N3O/c1-17-12(10-4-3-5-11(15)14(10)16)6-9-7-13(20-2)19-8-18-9/h3-5,7-8,12,17H,6H2,1-2H3. The molecule has 0 fully saturated rings. The first-order valence-corrected chi connectivity index (χ1v) is 6.87. The number of benzene rings is 1. The fourth-order valence-corrected chi connectivity index (χ4v) is 2.41. The second kappa shape index (κ2) is 6.88. The zero-order valence-corrected chi connectivity index (χ0v) is 12.7. The summed E-state index contributed by atoms with van der Waals surface area (Å²) in [5, 5.41) is 4.34. The van der Waals surface area contributed by atoms with Crippen molar-refractivity contribution in [2.45, 2.75) is 12.5 Å². The molecule has 0 aliphatic heterocycles. The van der Waals surface area contributed by atoms with Gasteiger partial charge in [0, 0.05) is 24.2 Å². The third-order valence-corrected chi connectivity index (χ3v) is 3.86. The predicted octanol–water partition coefficient (Wildman–Crippen LogP) is 3.30. The minimum atomic E-state index is 0.0146. The third-order valence-electron chi connectivity index (χ3n) is 3.03. The first kappa shape index (κ1) is 15.0. The van der Waals surface area contributed by atoms with Crippen LogP contribution in [0.1, 0.15) is 17.3 Å². The molecule has 1 atom stereocenters. The topological polar surface area (TPSA) is 47.0 Å². The Bertz CT molecular complexity index is 592. The smallest absolute Gasteiger partial charge is 0.216 e. The summed E-state index contributed by atoms with van der Waals surface area (Å²) in [5.41, 5.74) is 1.81. The summed E-state index contributed by atoms with van der Waals surface area (Å²) >= 11 is 12.3. The van der Waals surface area contributed by atoms with E-state index in [0.29, 0.717) is 22.3 Å². The van der Waals surface area contributed by atoms with E-state index in [-0.39, 0.29) is 6.04 Å². The molecule has 1 aromatic carbocycles. The van der Waals surface area contributed by atoms with Crippen LogP contribution in [0.5, 0.6) is 5.88 Å². The molecule has 2 aromatic rings. The molecule has 1 heterocycles. The Labute approximate surface area is 128 Å². The van der Waals surface area contributed by atoms with Gasteiger partial charge in [-0.25, -0.2) is 9.97 Å². The van der Waals surface area contributed by atoms with Crippen LogP contribution in [0.4, 0.5) is 0 Å². The van der Waals surface area contributed by atoms with E-state index in [0.717, 1.165) is 11.3 Å². The van der Waals surface area contributed by atoms with Gasteiger partial charge in [0.1, 0.15) is 6.33 Å². The van der Waals surface area contributed by atoms with Gasteiger partial charge in [0.25, 0.3) is 0 Å². The maximum atomic E-state index is 6.26. The number of aromatic nitrogens is 2. The fourth-order valence-electron chi connectivity index (χ4n) is 1.97. The van der Waals surface area contributed by atoms with Gasteiger partial charge in [-0.2, -0.15) is 0 Å². The van der Waals surface area contributed by atoms with Crippen LogP contribution in [0.15, 0.2) is 30.6 Å². The Kier molecular flexibility index (Phi) is 5.17. The van der Waals surface area contributed by atoms with Gasteiger partial charge in [0.2, 0.25) is 5.88 Å². The van der Waals surface area contributed by atoms with E-state index in [2.05, 4.69) is 15.3 Å². The lowest BCUT2D eigenvalue weighted by atomic mass is 10.0. The van der Waals surface area contributed by atoms with Crippen molar-refractivity contribution in [1.29, 1.82) is 0 Å².